The highest BCUT2D eigenvalue weighted by Crippen LogP contribution is 2.32. The maximum absolute atomic E-state index is 6.28. The minimum atomic E-state index is 0.138. The molecule has 100 valence electrons. The summed E-state index contributed by atoms with van der Waals surface area (Å²) in [6.07, 6.45) is 0. The zero-order chi connectivity index (χ0) is 14.0. The van der Waals surface area contributed by atoms with Gasteiger partial charge in [-0.3, -0.25) is 0 Å². The van der Waals surface area contributed by atoms with Gasteiger partial charge in [0.2, 0.25) is 0 Å². The van der Waals surface area contributed by atoms with Gasteiger partial charge >= 0.3 is 0 Å². The second kappa shape index (κ2) is 6.29. The molecule has 1 N–H and O–H groups in total. The standard InChI is InChI=1S/C15H14Br2ClN/c1-9-4-3-5-14(15(9)17)19-10(2)12-7-6-11(16)8-13(12)18/h3-8,10,19H,1-2H3. The molecular weight excluding hydrogens is 389 g/mol. The topological polar surface area (TPSA) is 12.0 Å². The van der Waals surface area contributed by atoms with Crippen molar-refractivity contribution in [3.8, 4) is 0 Å². The summed E-state index contributed by atoms with van der Waals surface area (Å²) in [5.74, 6) is 0. The van der Waals surface area contributed by atoms with Crippen LogP contribution in [0.2, 0.25) is 5.02 Å². The van der Waals surface area contributed by atoms with Gasteiger partial charge in [0.15, 0.2) is 0 Å². The minimum absolute atomic E-state index is 0.138. The van der Waals surface area contributed by atoms with E-state index in [-0.39, 0.29) is 6.04 Å². The third-order valence-electron chi connectivity index (χ3n) is 2.99. The Morgan fingerprint density at radius 1 is 1.16 bits per heavy atom. The normalized spacial score (nSPS) is 12.3. The van der Waals surface area contributed by atoms with E-state index in [1.807, 2.05) is 24.3 Å². The molecule has 0 radical (unpaired) electrons. The van der Waals surface area contributed by atoms with Crippen LogP contribution in [0.1, 0.15) is 24.1 Å². The predicted octanol–water partition coefficient (Wildman–Crippen LogP) is 6.35. The fourth-order valence-corrected chi connectivity index (χ4v) is 3.14. The molecule has 1 nitrogen and oxygen atoms in total. The number of nitrogens with one attached hydrogen (secondary N) is 1. The van der Waals surface area contributed by atoms with Crippen LogP contribution in [0.3, 0.4) is 0 Å². The molecule has 0 heterocycles. The van der Waals surface area contributed by atoms with E-state index in [0.29, 0.717) is 0 Å². The Morgan fingerprint density at radius 3 is 2.58 bits per heavy atom. The van der Waals surface area contributed by atoms with E-state index >= 15 is 0 Å². The van der Waals surface area contributed by atoms with Crippen LogP contribution in [-0.2, 0) is 0 Å². The van der Waals surface area contributed by atoms with E-state index in [4.69, 9.17) is 11.6 Å². The first-order chi connectivity index (χ1) is 8.99. The molecular formula is C15H14Br2ClN. The third kappa shape index (κ3) is 3.53. The van der Waals surface area contributed by atoms with Gasteiger partial charge in [-0.1, -0.05) is 45.7 Å². The number of hydrogen-bond acceptors (Lipinski definition) is 1. The minimum Gasteiger partial charge on any atom is -0.378 e. The fraction of sp³-hybridized carbons (Fsp3) is 0.200. The fourth-order valence-electron chi connectivity index (χ4n) is 1.92. The van der Waals surface area contributed by atoms with Crippen molar-refractivity contribution in [2.75, 3.05) is 5.32 Å². The molecule has 0 aliphatic carbocycles. The zero-order valence-corrected chi connectivity index (χ0v) is 14.6. The molecule has 4 heteroatoms. The summed E-state index contributed by atoms with van der Waals surface area (Å²) in [5, 5.41) is 4.24. The molecule has 1 atom stereocenters. The summed E-state index contributed by atoms with van der Waals surface area (Å²) in [4.78, 5) is 0. The van der Waals surface area contributed by atoms with Gasteiger partial charge in [0.1, 0.15) is 0 Å². The molecule has 0 aliphatic heterocycles. The number of anilines is 1. The molecule has 2 rings (SSSR count). The van der Waals surface area contributed by atoms with Crippen molar-refractivity contribution in [3.63, 3.8) is 0 Å². The molecule has 0 fully saturated rings. The highest BCUT2D eigenvalue weighted by atomic mass is 79.9. The molecule has 0 saturated carbocycles. The molecule has 0 bridgehead atoms. The van der Waals surface area contributed by atoms with Gasteiger partial charge in [-0.05, 0) is 59.1 Å². The maximum Gasteiger partial charge on any atom is 0.0500 e. The van der Waals surface area contributed by atoms with E-state index in [2.05, 4.69) is 63.2 Å². The Balaban J connectivity index is 2.25. The smallest absolute Gasteiger partial charge is 0.0500 e. The Labute approximate surface area is 135 Å². The quantitative estimate of drug-likeness (QED) is 0.630. The molecule has 2 aromatic rings. The number of rotatable bonds is 3. The van der Waals surface area contributed by atoms with Crippen molar-refractivity contribution in [2.45, 2.75) is 19.9 Å². The first-order valence-corrected chi connectivity index (χ1v) is 7.92. The van der Waals surface area contributed by atoms with Gasteiger partial charge in [0.25, 0.3) is 0 Å². The average molecular weight is 404 g/mol. The predicted molar refractivity (Wildman–Crippen MR) is 90.1 cm³/mol. The largest absolute Gasteiger partial charge is 0.378 e. The summed E-state index contributed by atoms with van der Waals surface area (Å²) in [7, 11) is 0. The van der Waals surface area contributed by atoms with Crippen LogP contribution >= 0.6 is 43.5 Å². The van der Waals surface area contributed by atoms with E-state index in [1.54, 1.807) is 0 Å². The number of halogens is 3. The summed E-state index contributed by atoms with van der Waals surface area (Å²) in [6, 6.07) is 12.3. The van der Waals surface area contributed by atoms with Crippen molar-refractivity contribution in [3.05, 3.63) is 61.5 Å². The SMILES string of the molecule is Cc1cccc(NC(C)c2ccc(Br)cc2Cl)c1Br. The lowest BCUT2D eigenvalue weighted by atomic mass is 10.1. The first-order valence-electron chi connectivity index (χ1n) is 5.95. The number of hydrogen-bond donors (Lipinski definition) is 1. The highest BCUT2D eigenvalue weighted by Gasteiger charge is 2.11. The van der Waals surface area contributed by atoms with Gasteiger partial charge in [0.05, 0.1) is 6.04 Å². The first kappa shape index (κ1) is 14.9. The van der Waals surface area contributed by atoms with Crippen LogP contribution < -0.4 is 5.32 Å². The van der Waals surface area contributed by atoms with E-state index in [9.17, 15) is 0 Å². The van der Waals surface area contributed by atoms with E-state index in [1.165, 1.54) is 5.56 Å². The van der Waals surface area contributed by atoms with E-state index < -0.39 is 0 Å². The van der Waals surface area contributed by atoms with Crippen molar-refractivity contribution >= 4 is 49.1 Å². The second-order valence-electron chi connectivity index (χ2n) is 4.47. The van der Waals surface area contributed by atoms with Crippen LogP contribution in [0.25, 0.3) is 0 Å². The Morgan fingerprint density at radius 2 is 1.89 bits per heavy atom. The zero-order valence-electron chi connectivity index (χ0n) is 10.7. The lowest BCUT2D eigenvalue weighted by Gasteiger charge is -2.19. The van der Waals surface area contributed by atoms with Crippen LogP contribution in [0, 0.1) is 6.92 Å². The number of benzene rings is 2. The van der Waals surface area contributed by atoms with Crippen molar-refractivity contribution in [2.24, 2.45) is 0 Å². The van der Waals surface area contributed by atoms with Crippen molar-refractivity contribution < 1.29 is 0 Å². The monoisotopic (exact) mass is 401 g/mol. The van der Waals surface area contributed by atoms with Crippen molar-refractivity contribution in [1.82, 2.24) is 0 Å². The molecule has 0 amide bonds. The molecule has 1 unspecified atom stereocenters. The molecule has 0 spiro atoms. The Bertz CT molecular complexity index is 599. The van der Waals surface area contributed by atoms with Crippen molar-refractivity contribution in [1.29, 1.82) is 0 Å². The number of aryl methyl sites for hydroxylation is 1. The third-order valence-corrected chi connectivity index (χ3v) is 4.87. The van der Waals surface area contributed by atoms with Gasteiger partial charge in [0, 0.05) is 19.7 Å². The van der Waals surface area contributed by atoms with Crippen LogP contribution in [-0.4, -0.2) is 0 Å². The Kier molecular flexibility index (Phi) is 4.93. The summed E-state index contributed by atoms with van der Waals surface area (Å²) < 4.78 is 2.08. The molecule has 2 aromatic carbocycles. The van der Waals surface area contributed by atoms with E-state index in [0.717, 1.165) is 25.2 Å². The van der Waals surface area contributed by atoms with Gasteiger partial charge < -0.3 is 5.32 Å². The molecule has 0 saturated heterocycles. The lowest BCUT2D eigenvalue weighted by Crippen LogP contribution is -2.08. The maximum atomic E-state index is 6.28. The van der Waals surface area contributed by atoms with Gasteiger partial charge in [-0.25, -0.2) is 0 Å². The Hall–Kier alpha value is -0.510. The second-order valence-corrected chi connectivity index (χ2v) is 6.58. The molecule has 0 aromatic heterocycles. The lowest BCUT2D eigenvalue weighted by molar-refractivity contribution is 0.883. The highest BCUT2D eigenvalue weighted by molar-refractivity contribution is 9.11. The van der Waals surface area contributed by atoms with Crippen LogP contribution in [0.15, 0.2) is 45.3 Å². The van der Waals surface area contributed by atoms with Gasteiger partial charge in [-0.2, -0.15) is 0 Å². The summed E-state index contributed by atoms with van der Waals surface area (Å²) in [6.45, 7) is 4.18. The van der Waals surface area contributed by atoms with Gasteiger partial charge in [-0.15, -0.1) is 0 Å². The summed E-state index contributed by atoms with van der Waals surface area (Å²) >= 11 is 13.3. The summed E-state index contributed by atoms with van der Waals surface area (Å²) in [5.41, 5.74) is 3.36. The van der Waals surface area contributed by atoms with Crippen LogP contribution in [0.5, 0.6) is 0 Å². The average Bonchev–Trinajstić information content (AvgIpc) is 2.34. The molecule has 19 heavy (non-hydrogen) atoms. The van der Waals surface area contributed by atoms with Crippen LogP contribution in [0.4, 0.5) is 5.69 Å². The molecule has 0 aliphatic rings.